The van der Waals surface area contributed by atoms with Crippen LogP contribution in [0.25, 0.3) is 0 Å². The van der Waals surface area contributed by atoms with Crippen LogP contribution in [0.1, 0.15) is 0 Å². The minimum atomic E-state index is -0.507. The smallest absolute Gasteiger partial charge is 0.211 e. The van der Waals surface area contributed by atoms with Gasteiger partial charge in [0.1, 0.15) is 11.6 Å². The fourth-order valence-electron chi connectivity index (χ4n) is 0.687. The second-order valence-corrected chi connectivity index (χ2v) is 1.92. The monoisotopic (exact) mass is 155 g/mol. The zero-order valence-corrected chi connectivity index (χ0v) is 5.54. The van der Waals surface area contributed by atoms with Gasteiger partial charge in [0.15, 0.2) is 0 Å². The molecular formula is C7H6FNO2. The van der Waals surface area contributed by atoms with Crippen molar-refractivity contribution >= 4 is 12.1 Å². The lowest BCUT2D eigenvalue weighted by atomic mass is 10.3. The third kappa shape index (κ3) is 1.67. The van der Waals surface area contributed by atoms with E-state index in [1.54, 1.807) is 0 Å². The van der Waals surface area contributed by atoms with Crippen molar-refractivity contribution in [2.45, 2.75) is 0 Å². The normalized spacial score (nSPS) is 9.18. The summed E-state index contributed by atoms with van der Waals surface area (Å²) < 4.78 is 12.4. The molecule has 0 aliphatic rings. The first-order valence-electron chi connectivity index (χ1n) is 2.93. The first-order chi connectivity index (χ1) is 5.24. The molecule has 0 saturated heterocycles. The maximum Gasteiger partial charge on any atom is 0.211 e. The third-order valence-corrected chi connectivity index (χ3v) is 1.17. The van der Waals surface area contributed by atoms with Gasteiger partial charge in [-0.05, 0) is 12.1 Å². The van der Waals surface area contributed by atoms with E-state index in [9.17, 15) is 9.18 Å². The van der Waals surface area contributed by atoms with Crippen molar-refractivity contribution in [3.8, 4) is 5.75 Å². The summed E-state index contributed by atoms with van der Waals surface area (Å²) in [5, 5.41) is 11.1. The zero-order valence-electron chi connectivity index (χ0n) is 5.54. The molecular weight excluding hydrogens is 149 g/mol. The molecule has 0 radical (unpaired) electrons. The summed E-state index contributed by atoms with van der Waals surface area (Å²) in [4.78, 5) is 9.89. The van der Waals surface area contributed by atoms with Gasteiger partial charge in [-0.3, -0.25) is 4.79 Å². The Kier molecular flexibility index (Phi) is 2.06. The van der Waals surface area contributed by atoms with Gasteiger partial charge in [-0.1, -0.05) is 0 Å². The highest BCUT2D eigenvalue weighted by Gasteiger charge is 1.99. The summed E-state index contributed by atoms with van der Waals surface area (Å²) in [6.45, 7) is 0. The number of phenols is 1. The number of nitrogens with one attached hydrogen (secondary N) is 1. The molecule has 1 aromatic carbocycles. The van der Waals surface area contributed by atoms with Crippen molar-refractivity contribution < 1.29 is 14.3 Å². The van der Waals surface area contributed by atoms with Gasteiger partial charge in [-0.2, -0.15) is 0 Å². The number of carbonyl (C=O) groups excluding carboxylic acids is 1. The third-order valence-electron chi connectivity index (χ3n) is 1.17. The lowest BCUT2D eigenvalue weighted by molar-refractivity contribution is -0.105. The minimum Gasteiger partial charge on any atom is -0.506 e. The molecule has 58 valence electrons. The predicted molar refractivity (Wildman–Crippen MR) is 37.8 cm³/mol. The van der Waals surface area contributed by atoms with Crippen molar-refractivity contribution in [2.24, 2.45) is 0 Å². The van der Waals surface area contributed by atoms with E-state index in [0.29, 0.717) is 6.41 Å². The van der Waals surface area contributed by atoms with Crippen LogP contribution in [-0.2, 0) is 4.79 Å². The number of aromatic hydroxyl groups is 1. The molecule has 2 N–H and O–H groups in total. The van der Waals surface area contributed by atoms with Crippen molar-refractivity contribution in [3.63, 3.8) is 0 Å². The molecule has 0 fully saturated rings. The lowest BCUT2D eigenvalue weighted by Gasteiger charge is -2.00. The van der Waals surface area contributed by atoms with E-state index < -0.39 is 5.82 Å². The predicted octanol–water partition coefficient (Wildman–Crippen LogP) is 1.10. The maximum atomic E-state index is 12.4. The van der Waals surface area contributed by atoms with E-state index in [1.807, 2.05) is 0 Å². The topological polar surface area (TPSA) is 49.3 Å². The molecule has 0 unspecified atom stereocenters. The molecule has 1 rings (SSSR count). The van der Waals surface area contributed by atoms with Crippen LogP contribution in [0.15, 0.2) is 18.2 Å². The summed E-state index contributed by atoms with van der Waals surface area (Å²) >= 11 is 0. The average molecular weight is 155 g/mol. The number of anilines is 1. The summed E-state index contributed by atoms with van der Waals surface area (Å²) in [7, 11) is 0. The van der Waals surface area contributed by atoms with Crippen LogP contribution in [0.2, 0.25) is 0 Å². The largest absolute Gasteiger partial charge is 0.506 e. The first kappa shape index (κ1) is 7.53. The summed E-state index contributed by atoms with van der Waals surface area (Å²) in [6.07, 6.45) is 0.370. The van der Waals surface area contributed by atoms with E-state index in [1.165, 1.54) is 6.07 Å². The quantitative estimate of drug-likeness (QED) is 0.496. The molecule has 0 heterocycles. The molecule has 0 saturated carbocycles. The van der Waals surface area contributed by atoms with E-state index in [2.05, 4.69) is 5.32 Å². The average Bonchev–Trinajstić information content (AvgIpc) is 1.98. The highest BCUT2D eigenvalue weighted by Crippen LogP contribution is 2.22. The standard InChI is InChI=1S/C7H6FNO2/c8-5-1-2-7(11)6(3-5)9-4-10/h1-4,11H,(H,9,10). The Labute approximate surface area is 62.5 Å². The van der Waals surface area contributed by atoms with Gasteiger partial charge in [-0.25, -0.2) is 4.39 Å². The number of rotatable bonds is 2. The molecule has 0 bridgehead atoms. The Morgan fingerprint density at radius 3 is 2.91 bits per heavy atom. The van der Waals surface area contributed by atoms with Crippen molar-refractivity contribution in [2.75, 3.05) is 5.32 Å². The molecule has 11 heavy (non-hydrogen) atoms. The molecule has 4 heteroatoms. The van der Waals surface area contributed by atoms with Crippen molar-refractivity contribution in [1.29, 1.82) is 0 Å². The SMILES string of the molecule is O=CNc1cc(F)ccc1O. The molecule has 1 aromatic rings. The number of hydrogen-bond acceptors (Lipinski definition) is 2. The van der Waals surface area contributed by atoms with Crippen LogP contribution < -0.4 is 5.32 Å². The van der Waals surface area contributed by atoms with Gasteiger partial charge < -0.3 is 10.4 Å². The molecule has 0 aliphatic heterocycles. The van der Waals surface area contributed by atoms with Crippen LogP contribution in [0, 0.1) is 5.82 Å². The second-order valence-electron chi connectivity index (χ2n) is 1.92. The van der Waals surface area contributed by atoms with Crippen LogP contribution >= 0.6 is 0 Å². The molecule has 1 amide bonds. The van der Waals surface area contributed by atoms with E-state index in [4.69, 9.17) is 5.11 Å². The highest BCUT2D eigenvalue weighted by atomic mass is 19.1. The Bertz CT molecular complexity index is 275. The fourth-order valence-corrected chi connectivity index (χ4v) is 0.687. The van der Waals surface area contributed by atoms with Crippen molar-refractivity contribution in [3.05, 3.63) is 24.0 Å². The maximum absolute atomic E-state index is 12.4. The Hall–Kier alpha value is -1.58. The van der Waals surface area contributed by atoms with Gasteiger partial charge in [-0.15, -0.1) is 0 Å². The molecule has 0 aromatic heterocycles. The highest BCUT2D eigenvalue weighted by molar-refractivity contribution is 5.74. The molecule has 0 atom stereocenters. The minimum absolute atomic E-state index is 0.0694. The molecule has 0 spiro atoms. The zero-order chi connectivity index (χ0) is 8.27. The van der Waals surface area contributed by atoms with Crippen LogP contribution in [-0.4, -0.2) is 11.5 Å². The summed E-state index contributed by atoms with van der Waals surface area (Å²) in [6, 6.07) is 3.30. The number of benzene rings is 1. The van der Waals surface area contributed by atoms with E-state index in [0.717, 1.165) is 12.1 Å². The summed E-state index contributed by atoms with van der Waals surface area (Å²) in [5.74, 6) is -0.661. The van der Waals surface area contributed by atoms with Gasteiger partial charge >= 0.3 is 0 Å². The first-order valence-corrected chi connectivity index (χ1v) is 2.93. The second kappa shape index (κ2) is 3.01. The Morgan fingerprint density at radius 1 is 1.55 bits per heavy atom. The Balaban J connectivity index is 3.01. The van der Waals surface area contributed by atoms with Gasteiger partial charge in [0.05, 0.1) is 5.69 Å². The number of carbonyl (C=O) groups is 1. The summed E-state index contributed by atoms with van der Waals surface area (Å²) in [5.41, 5.74) is 0.0694. The Morgan fingerprint density at radius 2 is 2.27 bits per heavy atom. The van der Waals surface area contributed by atoms with Crippen LogP contribution in [0.3, 0.4) is 0 Å². The van der Waals surface area contributed by atoms with Gasteiger partial charge in [0, 0.05) is 6.07 Å². The van der Waals surface area contributed by atoms with Crippen molar-refractivity contribution in [1.82, 2.24) is 0 Å². The molecule has 0 aliphatic carbocycles. The number of amides is 1. The van der Waals surface area contributed by atoms with Gasteiger partial charge in [0.2, 0.25) is 6.41 Å². The van der Waals surface area contributed by atoms with Gasteiger partial charge in [0.25, 0.3) is 0 Å². The molecule has 3 nitrogen and oxygen atoms in total. The van der Waals surface area contributed by atoms with Crippen LogP contribution in [0.5, 0.6) is 5.75 Å². The van der Waals surface area contributed by atoms with E-state index >= 15 is 0 Å². The number of hydrogen-bond donors (Lipinski definition) is 2. The number of phenolic OH excluding ortho intramolecular Hbond substituents is 1. The lowest BCUT2D eigenvalue weighted by Crippen LogP contribution is -1.94. The van der Waals surface area contributed by atoms with E-state index in [-0.39, 0.29) is 11.4 Å². The number of halogens is 1. The fraction of sp³-hybridized carbons (Fsp3) is 0. The van der Waals surface area contributed by atoms with Crippen LogP contribution in [0.4, 0.5) is 10.1 Å².